The van der Waals surface area contributed by atoms with Crippen molar-refractivity contribution in [3.63, 3.8) is 0 Å². The molecule has 5 heteroatoms. The number of nitrogens with one attached hydrogen (secondary N) is 1. The van der Waals surface area contributed by atoms with Crippen molar-refractivity contribution in [2.75, 3.05) is 12.3 Å². The molecule has 0 aliphatic carbocycles. The minimum Gasteiger partial charge on any atom is -0.482 e. The molecule has 0 fully saturated rings. The summed E-state index contributed by atoms with van der Waals surface area (Å²) in [7, 11) is 0. The van der Waals surface area contributed by atoms with Crippen LogP contribution in [0.3, 0.4) is 0 Å². The van der Waals surface area contributed by atoms with Gasteiger partial charge in [-0.15, -0.1) is 0 Å². The number of amides is 1. The molecule has 96 valence electrons. The molecule has 18 heavy (non-hydrogen) atoms. The van der Waals surface area contributed by atoms with E-state index in [4.69, 9.17) is 15.7 Å². The van der Waals surface area contributed by atoms with E-state index in [1.54, 1.807) is 12.1 Å². The Morgan fingerprint density at radius 1 is 1.61 bits per heavy atom. The summed E-state index contributed by atoms with van der Waals surface area (Å²) in [6.07, 6.45) is 0.866. The van der Waals surface area contributed by atoms with Gasteiger partial charge in [0.1, 0.15) is 5.75 Å². The van der Waals surface area contributed by atoms with Crippen LogP contribution in [-0.2, 0) is 4.79 Å². The zero-order valence-corrected chi connectivity index (χ0v) is 10.6. The fraction of sp³-hybridized carbons (Fsp3) is 0.385. The van der Waals surface area contributed by atoms with Crippen molar-refractivity contribution >= 4 is 11.6 Å². The first-order valence-electron chi connectivity index (χ1n) is 5.78. The van der Waals surface area contributed by atoms with Gasteiger partial charge in [0, 0.05) is 6.04 Å². The number of nitrogen functional groups attached to an aromatic ring is 1. The van der Waals surface area contributed by atoms with Gasteiger partial charge < -0.3 is 15.8 Å². The molecule has 0 aromatic heterocycles. The largest absolute Gasteiger partial charge is 0.482 e. The fourth-order valence-electron chi connectivity index (χ4n) is 1.31. The predicted octanol–water partition coefficient (Wildman–Crippen LogP) is 1.43. The van der Waals surface area contributed by atoms with E-state index in [0.29, 0.717) is 17.0 Å². The lowest BCUT2D eigenvalue weighted by Crippen LogP contribution is -2.35. The number of rotatable bonds is 5. The van der Waals surface area contributed by atoms with Crippen LogP contribution in [-0.4, -0.2) is 18.6 Å². The first kappa shape index (κ1) is 13.8. The van der Waals surface area contributed by atoms with E-state index >= 15 is 0 Å². The zero-order valence-electron chi connectivity index (χ0n) is 10.6. The molecule has 1 rings (SSSR count). The van der Waals surface area contributed by atoms with Gasteiger partial charge in [-0.3, -0.25) is 4.79 Å². The molecular weight excluding hydrogens is 230 g/mol. The lowest BCUT2D eigenvalue weighted by molar-refractivity contribution is -0.123. The van der Waals surface area contributed by atoms with E-state index in [0.717, 1.165) is 6.42 Å². The molecule has 0 saturated carbocycles. The Bertz CT molecular complexity index is 466. The maximum atomic E-state index is 11.5. The molecule has 0 bridgehead atoms. The highest BCUT2D eigenvalue weighted by Gasteiger charge is 2.08. The maximum absolute atomic E-state index is 11.5. The van der Waals surface area contributed by atoms with Crippen molar-refractivity contribution in [3.8, 4) is 11.8 Å². The summed E-state index contributed by atoms with van der Waals surface area (Å²) in [4.78, 5) is 11.5. The number of anilines is 1. The van der Waals surface area contributed by atoms with Crippen LogP contribution in [0, 0.1) is 11.3 Å². The summed E-state index contributed by atoms with van der Waals surface area (Å²) < 4.78 is 5.30. The minimum atomic E-state index is -0.187. The Morgan fingerprint density at radius 2 is 2.33 bits per heavy atom. The zero-order chi connectivity index (χ0) is 13.5. The summed E-state index contributed by atoms with van der Waals surface area (Å²) in [5.74, 6) is 0.224. The number of benzene rings is 1. The SMILES string of the molecule is CCC(C)NC(=O)COc1ccc(C#N)cc1N. The number of carbonyl (C=O) groups excluding carboxylic acids is 1. The minimum absolute atomic E-state index is 0.0829. The smallest absolute Gasteiger partial charge is 0.258 e. The summed E-state index contributed by atoms with van der Waals surface area (Å²) in [5, 5.41) is 11.5. The third-order valence-electron chi connectivity index (χ3n) is 2.52. The molecule has 0 aliphatic rings. The third kappa shape index (κ3) is 3.98. The quantitative estimate of drug-likeness (QED) is 0.770. The van der Waals surface area contributed by atoms with Crippen molar-refractivity contribution in [1.82, 2.24) is 5.32 Å². The van der Waals surface area contributed by atoms with Gasteiger partial charge in [0.05, 0.1) is 17.3 Å². The van der Waals surface area contributed by atoms with Crippen molar-refractivity contribution in [2.45, 2.75) is 26.3 Å². The third-order valence-corrected chi connectivity index (χ3v) is 2.52. The number of nitriles is 1. The average molecular weight is 247 g/mol. The highest BCUT2D eigenvalue weighted by Crippen LogP contribution is 2.21. The molecule has 3 N–H and O–H groups in total. The van der Waals surface area contributed by atoms with Crippen molar-refractivity contribution in [2.24, 2.45) is 0 Å². The van der Waals surface area contributed by atoms with Crippen molar-refractivity contribution < 1.29 is 9.53 Å². The van der Waals surface area contributed by atoms with Crippen LogP contribution in [0.1, 0.15) is 25.8 Å². The summed E-state index contributed by atoms with van der Waals surface area (Å²) in [6, 6.07) is 6.80. The molecule has 1 amide bonds. The predicted molar refractivity (Wildman–Crippen MR) is 69.0 cm³/mol. The highest BCUT2D eigenvalue weighted by atomic mass is 16.5. The van der Waals surface area contributed by atoms with Crippen LogP contribution >= 0.6 is 0 Å². The Balaban J connectivity index is 2.54. The molecule has 0 saturated heterocycles. The monoisotopic (exact) mass is 247 g/mol. The van der Waals surface area contributed by atoms with Crippen LogP contribution in [0.15, 0.2) is 18.2 Å². The summed E-state index contributed by atoms with van der Waals surface area (Å²) in [5.41, 5.74) is 6.52. The van der Waals surface area contributed by atoms with Crippen LogP contribution in [0.25, 0.3) is 0 Å². The molecule has 0 heterocycles. The lowest BCUT2D eigenvalue weighted by Gasteiger charge is -2.12. The number of nitrogens with zero attached hydrogens (tertiary/aromatic N) is 1. The van der Waals surface area contributed by atoms with E-state index in [2.05, 4.69) is 5.32 Å². The van der Waals surface area contributed by atoms with Gasteiger partial charge in [0.2, 0.25) is 0 Å². The first-order valence-corrected chi connectivity index (χ1v) is 5.78. The van der Waals surface area contributed by atoms with Crippen molar-refractivity contribution in [1.29, 1.82) is 5.26 Å². The van der Waals surface area contributed by atoms with Gasteiger partial charge in [-0.25, -0.2) is 0 Å². The number of nitrogens with two attached hydrogens (primary N) is 1. The highest BCUT2D eigenvalue weighted by molar-refractivity contribution is 5.78. The van der Waals surface area contributed by atoms with Crippen LogP contribution in [0.4, 0.5) is 5.69 Å². The van der Waals surface area contributed by atoms with E-state index in [-0.39, 0.29) is 18.6 Å². The second-order valence-corrected chi connectivity index (χ2v) is 4.03. The summed E-state index contributed by atoms with van der Waals surface area (Å²) in [6.45, 7) is 3.83. The standard InChI is InChI=1S/C13H17N3O2/c1-3-9(2)16-13(17)8-18-12-5-4-10(7-14)6-11(12)15/h4-6,9H,3,8,15H2,1-2H3,(H,16,17). The average Bonchev–Trinajstić information content (AvgIpc) is 2.36. The Hall–Kier alpha value is -2.22. The second kappa shape index (κ2) is 6.50. The molecule has 1 aromatic rings. The van der Waals surface area contributed by atoms with Crippen LogP contribution < -0.4 is 15.8 Å². The van der Waals surface area contributed by atoms with Gasteiger partial charge in [-0.2, -0.15) is 5.26 Å². The van der Waals surface area contributed by atoms with Gasteiger partial charge in [0.25, 0.3) is 5.91 Å². The van der Waals surface area contributed by atoms with E-state index in [1.807, 2.05) is 19.9 Å². The van der Waals surface area contributed by atoms with Crippen LogP contribution in [0.2, 0.25) is 0 Å². The van der Waals surface area contributed by atoms with Crippen molar-refractivity contribution in [3.05, 3.63) is 23.8 Å². The van der Waals surface area contributed by atoms with E-state index in [9.17, 15) is 4.79 Å². The normalized spacial score (nSPS) is 11.4. The number of carbonyl (C=O) groups is 1. The second-order valence-electron chi connectivity index (χ2n) is 4.03. The number of ether oxygens (including phenoxy) is 1. The van der Waals surface area contributed by atoms with Gasteiger partial charge in [-0.1, -0.05) is 6.92 Å². The molecule has 0 radical (unpaired) electrons. The van der Waals surface area contributed by atoms with E-state index in [1.165, 1.54) is 6.07 Å². The Morgan fingerprint density at radius 3 is 2.89 bits per heavy atom. The van der Waals surface area contributed by atoms with Gasteiger partial charge in [-0.05, 0) is 31.5 Å². The molecule has 1 unspecified atom stereocenters. The lowest BCUT2D eigenvalue weighted by atomic mass is 10.2. The molecule has 1 atom stereocenters. The molecule has 1 aromatic carbocycles. The fourth-order valence-corrected chi connectivity index (χ4v) is 1.31. The number of hydrogen-bond donors (Lipinski definition) is 2. The summed E-state index contributed by atoms with van der Waals surface area (Å²) >= 11 is 0. The number of hydrogen-bond acceptors (Lipinski definition) is 4. The van der Waals surface area contributed by atoms with Gasteiger partial charge in [0.15, 0.2) is 6.61 Å². The molecular formula is C13H17N3O2. The van der Waals surface area contributed by atoms with Gasteiger partial charge >= 0.3 is 0 Å². The molecule has 0 aliphatic heterocycles. The Kier molecular flexibility index (Phi) is 5.00. The van der Waals surface area contributed by atoms with E-state index < -0.39 is 0 Å². The molecule has 0 spiro atoms. The Labute approximate surface area is 107 Å². The molecule has 5 nitrogen and oxygen atoms in total. The topological polar surface area (TPSA) is 88.1 Å². The first-order chi connectivity index (χ1) is 8.56. The maximum Gasteiger partial charge on any atom is 0.258 e. The van der Waals surface area contributed by atoms with Crippen LogP contribution in [0.5, 0.6) is 5.75 Å².